The van der Waals surface area contributed by atoms with Gasteiger partial charge in [0, 0.05) is 4.88 Å². The van der Waals surface area contributed by atoms with E-state index in [2.05, 4.69) is 21.9 Å². The Hall–Kier alpha value is -1.20. The van der Waals surface area contributed by atoms with Crippen LogP contribution >= 0.6 is 11.3 Å². The Morgan fingerprint density at radius 1 is 1.19 bits per heavy atom. The lowest BCUT2D eigenvalue weighted by molar-refractivity contribution is 0.345. The van der Waals surface area contributed by atoms with E-state index in [-0.39, 0.29) is 6.04 Å². The highest BCUT2D eigenvalue weighted by atomic mass is 32.1. The Labute approximate surface area is 129 Å². The molecule has 112 valence electrons. The molecule has 2 atom stereocenters. The van der Waals surface area contributed by atoms with Crippen molar-refractivity contribution in [2.24, 2.45) is 0 Å². The number of aryl methyl sites for hydroxylation is 1. The van der Waals surface area contributed by atoms with E-state index in [1.165, 1.54) is 42.5 Å². The van der Waals surface area contributed by atoms with E-state index >= 15 is 0 Å². The fraction of sp³-hybridized carbons (Fsp3) is 0.625. The van der Waals surface area contributed by atoms with Gasteiger partial charge in [-0.05, 0) is 55.7 Å². The summed E-state index contributed by atoms with van der Waals surface area (Å²) in [6.45, 7) is 1.06. The van der Waals surface area contributed by atoms with Crippen LogP contribution in [0.15, 0.2) is 16.0 Å². The summed E-state index contributed by atoms with van der Waals surface area (Å²) in [6, 6.07) is 2.51. The van der Waals surface area contributed by atoms with Crippen molar-refractivity contribution in [2.45, 2.75) is 56.9 Å². The van der Waals surface area contributed by atoms with Crippen molar-refractivity contribution in [1.29, 1.82) is 0 Å². The first-order valence-corrected chi connectivity index (χ1v) is 8.93. The lowest BCUT2D eigenvalue weighted by Gasteiger charge is -2.18. The summed E-state index contributed by atoms with van der Waals surface area (Å²) in [5, 5.41) is 10.0. The maximum absolute atomic E-state index is 5.63. The largest absolute Gasteiger partial charge is 0.339 e. The van der Waals surface area contributed by atoms with Gasteiger partial charge in [0.05, 0.1) is 12.0 Å². The van der Waals surface area contributed by atoms with Crippen LogP contribution < -0.4 is 5.32 Å². The summed E-state index contributed by atoms with van der Waals surface area (Å²) >= 11 is 1.86. The molecule has 4 rings (SSSR count). The van der Waals surface area contributed by atoms with Crippen LogP contribution in [0.5, 0.6) is 0 Å². The number of nitrogens with zero attached hydrogens (tertiary/aromatic N) is 2. The van der Waals surface area contributed by atoms with Gasteiger partial charge in [-0.2, -0.15) is 4.98 Å². The summed E-state index contributed by atoms with van der Waals surface area (Å²) in [6.07, 6.45) is 8.47. The molecule has 2 unspecified atom stereocenters. The third-order valence-corrected chi connectivity index (χ3v) is 5.68. The Bertz CT molecular complexity index is 598. The number of aromatic nitrogens is 2. The molecule has 1 N–H and O–H groups in total. The molecule has 0 saturated carbocycles. The van der Waals surface area contributed by atoms with E-state index in [1.807, 2.05) is 11.3 Å². The molecule has 0 amide bonds. The zero-order valence-electron chi connectivity index (χ0n) is 12.2. The topological polar surface area (TPSA) is 51.0 Å². The first kappa shape index (κ1) is 13.5. The standard InChI is InChI=1S/C16H21N3OS/c1-2-6-13(17-9-3-1)15-18-16(20-19-15)12-5-4-7-14-11(12)8-10-21-14/h8,10,12-13,17H,1-7,9H2. The van der Waals surface area contributed by atoms with E-state index < -0.39 is 0 Å². The maximum Gasteiger partial charge on any atom is 0.234 e. The first-order valence-electron chi connectivity index (χ1n) is 8.05. The second-order valence-electron chi connectivity index (χ2n) is 6.09. The van der Waals surface area contributed by atoms with E-state index in [0.717, 1.165) is 31.1 Å². The molecule has 5 heteroatoms. The molecular weight excluding hydrogens is 282 g/mol. The smallest absolute Gasteiger partial charge is 0.234 e. The minimum atomic E-state index is 0.274. The van der Waals surface area contributed by atoms with Crippen molar-refractivity contribution in [3.8, 4) is 0 Å². The normalized spacial score (nSPS) is 26.3. The van der Waals surface area contributed by atoms with Crippen molar-refractivity contribution < 1.29 is 4.52 Å². The number of hydrogen-bond acceptors (Lipinski definition) is 5. The zero-order valence-corrected chi connectivity index (χ0v) is 13.0. The van der Waals surface area contributed by atoms with Crippen LogP contribution in [0, 0.1) is 0 Å². The minimum absolute atomic E-state index is 0.274. The van der Waals surface area contributed by atoms with Gasteiger partial charge in [-0.25, -0.2) is 0 Å². The zero-order chi connectivity index (χ0) is 14.1. The van der Waals surface area contributed by atoms with Crippen LogP contribution in [-0.2, 0) is 6.42 Å². The molecule has 0 spiro atoms. The van der Waals surface area contributed by atoms with E-state index in [4.69, 9.17) is 9.51 Å². The number of rotatable bonds is 2. The number of hydrogen-bond donors (Lipinski definition) is 1. The highest BCUT2D eigenvalue weighted by molar-refractivity contribution is 7.10. The molecule has 2 aliphatic rings. The van der Waals surface area contributed by atoms with Gasteiger partial charge < -0.3 is 9.84 Å². The number of nitrogens with one attached hydrogen (secondary N) is 1. The highest BCUT2D eigenvalue weighted by Gasteiger charge is 2.29. The van der Waals surface area contributed by atoms with E-state index in [1.54, 1.807) is 0 Å². The number of thiophene rings is 1. The number of fused-ring (bicyclic) bond motifs is 1. The molecule has 1 saturated heterocycles. The third kappa shape index (κ3) is 2.64. The van der Waals surface area contributed by atoms with Crippen LogP contribution in [0.3, 0.4) is 0 Å². The summed E-state index contributed by atoms with van der Waals surface area (Å²) in [5.74, 6) is 1.98. The van der Waals surface area contributed by atoms with Gasteiger partial charge in [0.1, 0.15) is 0 Å². The predicted octanol–water partition coefficient (Wildman–Crippen LogP) is 3.80. The van der Waals surface area contributed by atoms with Gasteiger partial charge in [-0.15, -0.1) is 11.3 Å². The molecule has 4 nitrogen and oxygen atoms in total. The Balaban J connectivity index is 1.58. The quantitative estimate of drug-likeness (QED) is 0.916. The Kier molecular flexibility index (Phi) is 3.78. The highest BCUT2D eigenvalue weighted by Crippen LogP contribution is 2.38. The summed E-state index contributed by atoms with van der Waals surface area (Å²) < 4.78 is 5.63. The fourth-order valence-corrected chi connectivity index (χ4v) is 4.51. The lowest BCUT2D eigenvalue weighted by Crippen LogP contribution is -2.21. The van der Waals surface area contributed by atoms with Crippen molar-refractivity contribution in [3.63, 3.8) is 0 Å². The second kappa shape index (κ2) is 5.89. The molecule has 0 radical (unpaired) electrons. The van der Waals surface area contributed by atoms with Crippen molar-refractivity contribution >= 4 is 11.3 Å². The van der Waals surface area contributed by atoms with Gasteiger partial charge in [0.2, 0.25) is 5.89 Å². The van der Waals surface area contributed by atoms with Crippen LogP contribution in [-0.4, -0.2) is 16.7 Å². The van der Waals surface area contributed by atoms with Gasteiger partial charge >= 0.3 is 0 Å². The molecule has 0 bridgehead atoms. The molecule has 2 aromatic rings. The van der Waals surface area contributed by atoms with E-state index in [0.29, 0.717) is 5.92 Å². The van der Waals surface area contributed by atoms with E-state index in [9.17, 15) is 0 Å². The Morgan fingerprint density at radius 3 is 3.19 bits per heavy atom. The lowest BCUT2D eigenvalue weighted by atomic mass is 9.88. The van der Waals surface area contributed by atoms with Gasteiger partial charge in [-0.1, -0.05) is 18.0 Å². The summed E-state index contributed by atoms with van der Waals surface area (Å²) in [5.41, 5.74) is 1.41. The van der Waals surface area contributed by atoms with Crippen LogP contribution in [0.1, 0.15) is 72.6 Å². The SMILES string of the molecule is c1cc2c(s1)CCCC2c1nc(C2CCCCCN2)no1. The third-order valence-electron chi connectivity index (χ3n) is 4.68. The van der Waals surface area contributed by atoms with Crippen LogP contribution in [0.25, 0.3) is 0 Å². The first-order chi connectivity index (χ1) is 10.4. The molecule has 1 aliphatic heterocycles. The molecular formula is C16H21N3OS. The summed E-state index contributed by atoms with van der Waals surface area (Å²) in [7, 11) is 0. The van der Waals surface area contributed by atoms with Crippen LogP contribution in [0.2, 0.25) is 0 Å². The molecule has 1 aliphatic carbocycles. The molecule has 3 heterocycles. The summed E-state index contributed by atoms with van der Waals surface area (Å²) in [4.78, 5) is 6.24. The van der Waals surface area contributed by atoms with Crippen LogP contribution in [0.4, 0.5) is 0 Å². The van der Waals surface area contributed by atoms with Crippen molar-refractivity contribution in [3.05, 3.63) is 33.6 Å². The van der Waals surface area contributed by atoms with Gasteiger partial charge in [0.25, 0.3) is 0 Å². The monoisotopic (exact) mass is 303 g/mol. The van der Waals surface area contributed by atoms with Gasteiger partial charge in [0.15, 0.2) is 5.82 Å². The molecule has 1 fully saturated rings. The van der Waals surface area contributed by atoms with Gasteiger partial charge in [-0.3, -0.25) is 0 Å². The molecule has 0 aromatic carbocycles. The fourth-order valence-electron chi connectivity index (χ4n) is 3.52. The van der Waals surface area contributed by atoms with Crippen molar-refractivity contribution in [1.82, 2.24) is 15.5 Å². The van der Waals surface area contributed by atoms with Crippen molar-refractivity contribution in [2.75, 3.05) is 6.54 Å². The molecule has 2 aromatic heterocycles. The average Bonchev–Trinajstić information content (AvgIpc) is 3.10. The Morgan fingerprint density at radius 2 is 2.19 bits per heavy atom. The maximum atomic E-state index is 5.63. The predicted molar refractivity (Wildman–Crippen MR) is 82.6 cm³/mol. The second-order valence-corrected chi connectivity index (χ2v) is 7.09. The minimum Gasteiger partial charge on any atom is -0.339 e. The molecule has 21 heavy (non-hydrogen) atoms. The average molecular weight is 303 g/mol.